The monoisotopic (exact) mass is 454 g/mol. The molecule has 2 aromatic carbocycles. The van der Waals surface area contributed by atoms with Gasteiger partial charge in [0.2, 0.25) is 0 Å². The Morgan fingerprint density at radius 3 is 2.68 bits per heavy atom. The van der Waals surface area contributed by atoms with Crippen molar-refractivity contribution in [1.82, 2.24) is 9.88 Å². The molecule has 2 N–H and O–H groups in total. The first-order valence-electron chi connectivity index (χ1n) is 12.2. The minimum absolute atomic E-state index is 0.0440. The van der Waals surface area contributed by atoms with Gasteiger partial charge < -0.3 is 10.1 Å². The second-order valence-corrected chi connectivity index (χ2v) is 10.5. The smallest absolute Gasteiger partial charge is 0.259 e. The number of hydrogen-bond acceptors (Lipinski definition) is 4. The summed E-state index contributed by atoms with van der Waals surface area (Å²) in [4.78, 5) is 30.2. The van der Waals surface area contributed by atoms with E-state index >= 15 is 0 Å². The number of Topliss-reactive ketones (excluding diaryl/α,β-unsaturated/α-hetero) is 1. The third kappa shape index (κ3) is 3.00. The van der Waals surface area contributed by atoms with Gasteiger partial charge in [-0.15, -0.1) is 0 Å². The van der Waals surface area contributed by atoms with Gasteiger partial charge in [-0.05, 0) is 61.6 Å². The number of aromatic amines is 1. The zero-order valence-corrected chi connectivity index (χ0v) is 19.7. The molecular formula is C29H30N2O3. The molecule has 0 saturated carbocycles. The predicted octanol–water partition coefficient (Wildman–Crippen LogP) is 3.48. The fraction of sp³-hybridized carbons (Fsp3) is 0.379. The van der Waals surface area contributed by atoms with Crippen molar-refractivity contribution in [1.29, 1.82) is 0 Å². The molecule has 1 saturated heterocycles. The number of H-pyrrole nitrogens is 1. The molecular weight excluding hydrogens is 424 g/mol. The molecule has 174 valence electrons. The minimum Gasteiger partial charge on any atom is -0.387 e. The van der Waals surface area contributed by atoms with Crippen molar-refractivity contribution < 1.29 is 9.90 Å². The van der Waals surface area contributed by atoms with Crippen molar-refractivity contribution in [2.45, 2.75) is 63.1 Å². The van der Waals surface area contributed by atoms with E-state index in [1.165, 1.54) is 29.2 Å². The maximum absolute atomic E-state index is 12.7. The summed E-state index contributed by atoms with van der Waals surface area (Å²) in [6, 6.07) is 18.8. The summed E-state index contributed by atoms with van der Waals surface area (Å²) in [6.45, 7) is 5.21. The largest absolute Gasteiger partial charge is 0.387 e. The summed E-state index contributed by atoms with van der Waals surface area (Å²) >= 11 is 0. The number of likely N-dealkylation sites (tertiary alicyclic amines) is 1. The maximum Gasteiger partial charge on any atom is 0.259 e. The third-order valence-electron chi connectivity index (χ3n) is 8.60. The molecule has 0 radical (unpaired) electrons. The average Bonchev–Trinajstić information content (AvgIpc) is 2.80. The molecule has 2 heterocycles. The van der Waals surface area contributed by atoms with Gasteiger partial charge in [0.05, 0.1) is 11.2 Å². The number of nitrogens with one attached hydrogen (secondary N) is 1. The average molecular weight is 455 g/mol. The third-order valence-corrected chi connectivity index (χ3v) is 8.60. The number of aliphatic hydroxyl groups is 1. The van der Waals surface area contributed by atoms with E-state index < -0.39 is 11.0 Å². The number of benzene rings is 2. The zero-order chi connectivity index (χ0) is 23.7. The number of piperidine rings is 1. The Labute approximate surface area is 199 Å². The number of pyridine rings is 1. The molecule has 3 aliphatic rings. The molecule has 1 aromatic heterocycles. The van der Waals surface area contributed by atoms with Crippen LogP contribution in [0.5, 0.6) is 0 Å². The second-order valence-electron chi connectivity index (χ2n) is 10.5. The molecule has 5 heteroatoms. The van der Waals surface area contributed by atoms with Crippen molar-refractivity contribution in [3.05, 3.63) is 104 Å². The van der Waals surface area contributed by atoms with Crippen LogP contribution in [0.3, 0.4) is 0 Å². The summed E-state index contributed by atoms with van der Waals surface area (Å²) in [6.07, 6.45) is 2.62. The van der Waals surface area contributed by atoms with Crippen molar-refractivity contribution in [2.24, 2.45) is 0 Å². The molecule has 2 aliphatic carbocycles. The van der Waals surface area contributed by atoms with Crippen molar-refractivity contribution in [3.8, 4) is 0 Å². The molecule has 5 nitrogen and oxygen atoms in total. The predicted molar refractivity (Wildman–Crippen MR) is 131 cm³/mol. The molecule has 2 bridgehead atoms. The van der Waals surface area contributed by atoms with Crippen molar-refractivity contribution >= 4 is 5.78 Å². The molecule has 34 heavy (non-hydrogen) atoms. The van der Waals surface area contributed by atoms with Crippen molar-refractivity contribution in [3.63, 3.8) is 0 Å². The Morgan fingerprint density at radius 2 is 1.91 bits per heavy atom. The lowest BCUT2D eigenvalue weighted by atomic mass is 9.49. The van der Waals surface area contributed by atoms with Crippen LogP contribution in [-0.2, 0) is 31.2 Å². The van der Waals surface area contributed by atoms with Crippen molar-refractivity contribution in [2.75, 3.05) is 6.54 Å². The van der Waals surface area contributed by atoms with Gasteiger partial charge in [0.1, 0.15) is 0 Å². The van der Waals surface area contributed by atoms with Gasteiger partial charge in [-0.25, -0.2) is 0 Å². The van der Waals surface area contributed by atoms with Gasteiger partial charge in [-0.2, -0.15) is 0 Å². The lowest BCUT2D eigenvalue weighted by molar-refractivity contribution is -0.153. The summed E-state index contributed by atoms with van der Waals surface area (Å²) < 4.78 is 0. The molecule has 0 unspecified atom stereocenters. The minimum atomic E-state index is -0.986. The fourth-order valence-corrected chi connectivity index (χ4v) is 6.93. The van der Waals surface area contributed by atoms with E-state index in [9.17, 15) is 14.7 Å². The Bertz CT molecular complexity index is 1360. The highest BCUT2D eigenvalue weighted by Gasteiger charge is 2.64. The quantitative estimate of drug-likeness (QED) is 0.595. The number of aromatic nitrogens is 1. The molecule has 1 aliphatic heterocycles. The fourth-order valence-electron chi connectivity index (χ4n) is 6.93. The van der Waals surface area contributed by atoms with E-state index in [1.807, 2.05) is 6.07 Å². The summed E-state index contributed by atoms with van der Waals surface area (Å²) in [7, 11) is 0. The Morgan fingerprint density at radius 1 is 1.12 bits per heavy atom. The number of aryl methyl sites for hydroxylation is 1. The number of fused-ring (bicyclic) bond motifs is 2. The van der Waals surface area contributed by atoms with Gasteiger partial charge in [0, 0.05) is 36.5 Å². The van der Waals surface area contributed by atoms with Crippen LogP contribution in [0.15, 0.2) is 59.4 Å². The van der Waals surface area contributed by atoms with Crippen LogP contribution in [0.4, 0.5) is 0 Å². The molecule has 3 aromatic rings. The van der Waals surface area contributed by atoms with E-state index in [4.69, 9.17) is 0 Å². The number of carbonyl (C=O) groups excluding carboxylic acids is 1. The molecule has 0 amide bonds. The zero-order valence-electron chi connectivity index (χ0n) is 19.7. The standard InChI is InChI=1S/C29H30N2O3/c1-18-8-9-21-14-26-29(34)15-22-13-23(19(2)32)27(33)30-25(22)16-28(29,24(21)12-18)10-11-31(26)17-20-6-4-3-5-7-20/h3-9,12-13,26,34H,10-11,14-17H2,1-2H3,(H,30,33)/t26-,28-,29-/m1/s1. The van der Waals surface area contributed by atoms with E-state index in [-0.39, 0.29) is 22.9 Å². The lowest BCUT2D eigenvalue weighted by Gasteiger charge is -2.63. The SMILES string of the molecule is CC(=O)c1cc2c([nH]c1=O)C[C@]13CCN(Cc4ccccc4)[C@H](Cc4ccc(C)cc41)[C@]3(O)C2. The summed E-state index contributed by atoms with van der Waals surface area (Å²) in [5, 5.41) is 12.7. The van der Waals surface area contributed by atoms with Gasteiger partial charge >= 0.3 is 0 Å². The molecule has 6 rings (SSSR count). The number of nitrogens with zero attached hydrogens (tertiary/aromatic N) is 1. The molecule has 1 fully saturated rings. The van der Waals surface area contributed by atoms with Crippen LogP contribution in [0.1, 0.15) is 57.2 Å². The normalized spacial score (nSPS) is 27.4. The van der Waals surface area contributed by atoms with E-state index in [0.29, 0.717) is 12.8 Å². The Kier molecular flexibility index (Phi) is 4.74. The number of carbonyl (C=O) groups is 1. The van der Waals surface area contributed by atoms with E-state index in [0.717, 1.165) is 37.2 Å². The molecule has 0 spiro atoms. The number of rotatable bonds is 3. The first-order valence-corrected chi connectivity index (χ1v) is 12.2. The summed E-state index contributed by atoms with van der Waals surface area (Å²) in [5.41, 5.74) is 5.12. The highest BCUT2D eigenvalue weighted by atomic mass is 16.3. The molecule has 3 atom stereocenters. The summed E-state index contributed by atoms with van der Waals surface area (Å²) in [5.74, 6) is -0.244. The van der Waals surface area contributed by atoms with Crippen LogP contribution < -0.4 is 5.56 Å². The van der Waals surface area contributed by atoms with E-state index in [2.05, 4.69) is 59.3 Å². The van der Waals surface area contributed by atoms with Crippen LogP contribution in [-0.4, -0.2) is 39.0 Å². The van der Waals surface area contributed by atoms with Gasteiger partial charge in [0.15, 0.2) is 5.78 Å². The van der Waals surface area contributed by atoms with Gasteiger partial charge in [-0.3, -0.25) is 14.5 Å². The highest BCUT2D eigenvalue weighted by molar-refractivity contribution is 5.93. The number of ketones is 1. The van der Waals surface area contributed by atoms with Crippen LogP contribution in [0.25, 0.3) is 0 Å². The van der Waals surface area contributed by atoms with E-state index in [1.54, 1.807) is 6.07 Å². The first-order chi connectivity index (χ1) is 16.3. The van der Waals surface area contributed by atoms with Gasteiger partial charge in [-0.1, -0.05) is 54.1 Å². The van der Waals surface area contributed by atoms with Gasteiger partial charge in [0.25, 0.3) is 5.56 Å². The number of hydrogen-bond donors (Lipinski definition) is 2. The lowest BCUT2D eigenvalue weighted by Crippen LogP contribution is -2.74. The van der Waals surface area contributed by atoms with Crippen LogP contribution >= 0.6 is 0 Å². The van der Waals surface area contributed by atoms with Crippen LogP contribution in [0, 0.1) is 6.92 Å². The Balaban J connectivity index is 1.52. The van der Waals surface area contributed by atoms with Crippen LogP contribution in [0.2, 0.25) is 0 Å². The maximum atomic E-state index is 12.7. The highest BCUT2D eigenvalue weighted by Crippen LogP contribution is 2.56. The topological polar surface area (TPSA) is 73.4 Å². The Hall–Kier alpha value is -3.02. The first kappa shape index (κ1) is 21.5. The second kappa shape index (κ2) is 7.49.